The van der Waals surface area contributed by atoms with E-state index in [2.05, 4.69) is 0 Å². The van der Waals surface area contributed by atoms with E-state index in [0.29, 0.717) is 16.1 Å². The number of rotatable bonds is 4. The number of benzene rings is 1. The highest BCUT2D eigenvalue weighted by atomic mass is 35.5. The average molecular weight is 246 g/mol. The van der Waals surface area contributed by atoms with E-state index in [4.69, 9.17) is 22.4 Å². The van der Waals surface area contributed by atoms with Crippen molar-refractivity contribution in [3.8, 4) is 0 Å². The summed E-state index contributed by atoms with van der Waals surface area (Å²) in [4.78, 5) is 0. The molecule has 0 aliphatic carbocycles. The van der Waals surface area contributed by atoms with Crippen molar-refractivity contribution in [3.63, 3.8) is 0 Å². The van der Waals surface area contributed by atoms with Gasteiger partial charge in [0.2, 0.25) is 0 Å². The van der Waals surface area contributed by atoms with Gasteiger partial charge in [-0.25, -0.2) is 4.39 Å². The Morgan fingerprint density at radius 3 is 2.62 bits per heavy atom. The van der Waals surface area contributed by atoms with Gasteiger partial charge in [-0.3, -0.25) is 0 Å². The molecule has 1 aromatic rings. The van der Waals surface area contributed by atoms with Crippen molar-refractivity contribution in [1.82, 2.24) is 0 Å². The molecule has 0 aliphatic heterocycles. The maximum atomic E-state index is 13.4. The standard InChI is InChI=1S/C12H17ClFNO/c1-3-8(6-16)12(15)9-5-11(14)7(2)4-10(9)13/h4-5,8,12,16H,3,6,15H2,1-2H3. The van der Waals surface area contributed by atoms with Crippen molar-refractivity contribution < 1.29 is 9.50 Å². The minimum absolute atomic E-state index is 0.0243. The van der Waals surface area contributed by atoms with Gasteiger partial charge in [0.25, 0.3) is 0 Å². The molecule has 0 radical (unpaired) electrons. The van der Waals surface area contributed by atoms with Crippen molar-refractivity contribution in [2.24, 2.45) is 11.7 Å². The van der Waals surface area contributed by atoms with Crippen LogP contribution in [0.15, 0.2) is 12.1 Å². The van der Waals surface area contributed by atoms with Gasteiger partial charge < -0.3 is 10.8 Å². The molecule has 1 rings (SSSR count). The SMILES string of the molecule is CCC(CO)C(N)c1cc(F)c(C)cc1Cl. The van der Waals surface area contributed by atoms with E-state index in [1.807, 2.05) is 6.92 Å². The number of hydrogen-bond acceptors (Lipinski definition) is 2. The molecule has 0 bridgehead atoms. The molecule has 0 aromatic heterocycles. The summed E-state index contributed by atoms with van der Waals surface area (Å²) in [6.07, 6.45) is 0.726. The van der Waals surface area contributed by atoms with Crippen molar-refractivity contribution in [1.29, 1.82) is 0 Å². The largest absolute Gasteiger partial charge is 0.396 e. The Balaban J connectivity index is 3.07. The Kier molecular flexibility index (Phi) is 4.71. The molecule has 0 heterocycles. The monoisotopic (exact) mass is 245 g/mol. The summed E-state index contributed by atoms with van der Waals surface area (Å²) < 4.78 is 13.4. The number of halogens is 2. The van der Waals surface area contributed by atoms with Gasteiger partial charge in [-0.05, 0) is 36.6 Å². The van der Waals surface area contributed by atoms with Crippen LogP contribution in [0.3, 0.4) is 0 Å². The number of aryl methyl sites for hydroxylation is 1. The Morgan fingerprint density at radius 2 is 2.12 bits per heavy atom. The highest BCUT2D eigenvalue weighted by Gasteiger charge is 2.20. The molecule has 16 heavy (non-hydrogen) atoms. The predicted octanol–water partition coefficient (Wildman–Crippen LogP) is 2.81. The van der Waals surface area contributed by atoms with Crippen LogP contribution in [0.1, 0.15) is 30.5 Å². The fourth-order valence-corrected chi connectivity index (χ4v) is 2.01. The molecule has 2 atom stereocenters. The van der Waals surface area contributed by atoms with E-state index in [1.165, 1.54) is 6.07 Å². The molecule has 0 spiro atoms. The maximum Gasteiger partial charge on any atom is 0.126 e. The summed E-state index contributed by atoms with van der Waals surface area (Å²) in [5.41, 5.74) is 7.03. The molecule has 0 amide bonds. The van der Waals surface area contributed by atoms with E-state index in [0.717, 1.165) is 6.42 Å². The van der Waals surface area contributed by atoms with Gasteiger partial charge in [0.15, 0.2) is 0 Å². The summed E-state index contributed by atoms with van der Waals surface area (Å²) in [6, 6.07) is 2.49. The van der Waals surface area contributed by atoms with Gasteiger partial charge in [-0.15, -0.1) is 0 Å². The molecule has 0 aliphatic rings. The average Bonchev–Trinajstić information content (AvgIpc) is 2.25. The number of aliphatic hydroxyl groups is 1. The second kappa shape index (κ2) is 5.62. The van der Waals surface area contributed by atoms with Gasteiger partial charge in [0, 0.05) is 23.6 Å². The highest BCUT2D eigenvalue weighted by molar-refractivity contribution is 6.31. The normalized spacial score (nSPS) is 14.9. The van der Waals surface area contributed by atoms with Crippen LogP contribution < -0.4 is 5.73 Å². The van der Waals surface area contributed by atoms with Gasteiger partial charge in [-0.2, -0.15) is 0 Å². The Bertz CT molecular complexity index is 366. The predicted molar refractivity (Wildman–Crippen MR) is 63.9 cm³/mol. The second-order valence-electron chi connectivity index (χ2n) is 4.00. The fraction of sp³-hybridized carbons (Fsp3) is 0.500. The van der Waals surface area contributed by atoms with E-state index >= 15 is 0 Å². The van der Waals surface area contributed by atoms with Crippen LogP contribution in [-0.4, -0.2) is 11.7 Å². The lowest BCUT2D eigenvalue weighted by molar-refractivity contribution is 0.200. The molecular formula is C12H17ClFNO. The van der Waals surface area contributed by atoms with Gasteiger partial charge in [0.05, 0.1) is 0 Å². The quantitative estimate of drug-likeness (QED) is 0.857. The summed E-state index contributed by atoms with van der Waals surface area (Å²) in [5.74, 6) is -0.415. The molecule has 90 valence electrons. The number of aliphatic hydroxyl groups excluding tert-OH is 1. The van der Waals surface area contributed by atoms with Crippen LogP contribution in [0.25, 0.3) is 0 Å². The lowest BCUT2D eigenvalue weighted by atomic mass is 9.91. The first-order valence-electron chi connectivity index (χ1n) is 5.33. The highest BCUT2D eigenvalue weighted by Crippen LogP contribution is 2.30. The summed E-state index contributed by atoms with van der Waals surface area (Å²) >= 11 is 6.03. The van der Waals surface area contributed by atoms with E-state index < -0.39 is 6.04 Å². The molecule has 2 unspecified atom stereocenters. The van der Waals surface area contributed by atoms with Crippen LogP contribution in [-0.2, 0) is 0 Å². The van der Waals surface area contributed by atoms with Crippen molar-refractivity contribution in [3.05, 3.63) is 34.1 Å². The van der Waals surface area contributed by atoms with E-state index in [-0.39, 0.29) is 18.3 Å². The Labute approximate surface area is 100 Å². The van der Waals surface area contributed by atoms with Crippen LogP contribution in [0, 0.1) is 18.7 Å². The molecule has 1 aromatic carbocycles. The minimum Gasteiger partial charge on any atom is -0.396 e. The van der Waals surface area contributed by atoms with Crippen LogP contribution in [0.5, 0.6) is 0 Å². The zero-order valence-corrected chi connectivity index (χ0v) is 10.3. The minimum atomic E-state index is -0.433. The maximum absolute atomic E-state index is 13.4. The first-order valence-corrected chi connectivity index (χ1v) is 5.71. The van der Waals surface area contributed by atoms with E-state index in [1.54, 1.807) is 13.0 Å². The smallest absolute Gasteiger partial charge is 0.126 e. The third kappa shape index (κ3) is 2.73. The Morgan fingerprint density at radius 1 is 1.50 bits per heavy atom. The summed E-state index contributed by atoms with van der Waals surface area (Å²) in [7, 11) is 0. The zero-order valence-electron chi connectivity index (χ0n) is 9.50. The summed E-state index contributed by atoms with van der Waals surface area (Å²) in [6.45, 7) is 3.56. The number of hydrogen-bond donors (Lipinski definition) is 2. The first kappa shape index (κ1) is 13.4. The first-order chi connectivity index (χ1) is 7.51. The lowest BCUT2D eigenvalue weighted by Gasteiger charge is -2.22. The van der Waals surface area contributed by atoms with Crippen molar-refractivity contribution in [2.75, 3.05) is 6.61 Å². The van der Waals surface area contributed by atoms with Crippen molar-refractivity contribution in [2.45, 2.75) is 26.3 Å². The van der Waals surface area contributed by atoms with E-state index in [9.17, 15) is 4.39 Å². The fourth-order valence-electron chi connectivity index (χ4n) is 1.67. The molecule has 0 fully saturated rings. The molecule has 3 N–H and O–H groups in total. The molecule has 4 heteroatoms. The van der Waals surface area contributed by atoms with Gasteiger partial charge in [0.1, 0.15) is 5.82 Å². The topological polar surface area (TPSA) is 46.2 Å². The third-order valence-electron chi connectivity index (χ3n) is 2.90. The number of nitrogens with two attached hydrogens (primary N) is 1. The third-order valence-corrected chi connectivity index (χ3v) is 3.23. The Hall–Kier alpha value is -0.640. The zero-order chi connectivity index (χ0) is 12.3. The molecule has 0 saturated carbocycles. The van der Waals surface area contributed by atoms with Gasteiger partial charge >= 0.3 is 0 Å². The lowest BCUT2D eigenvalue weighted by Crippen LogP contribution is -2.24. The molecular weight excluding hydrogens is 229 g/mol. The summed E-state index contributed by atoms with van der Waals surface area (Å²) in [5, 5.41) is 9.61. The van der Waals surface area contributed by atoms with Crippen LogP contribution in [0.4, 0.5) is 4.39 Å². The molecule has 2 nitrogen and oxygen atoms in total. The molecule has 0 saturated heterocycles. The van der Waals surface area contributed by atoms with Gasteiger partial charge in [-0.1, -0.05) is 18.5 Å². The van der Waals surface area contributed by atoms with Crippen LogP contribution >= 0.6 is 11.6 Å². The van der Waals surface area contributed by atoms with Crippen molar-refractivity contribution >= 4 is 11.6 Å². The second-order valence-corrected chi connectivity index (χ2v) is 4.41. The van der Waals surface area contributed by atoms with Crippen LogP contribution in [0.2, 0.25) is 5.02 Å².